The number of ether oxygens (including phenoxy) is 4. The minimum Gasteiger partial charge on any atom is -0.493 e. The predicted octanol–water partition coefficient (Wildman–Crippen LogP) is 5.82. The highest BCUT2D eigenvalue weighted by Crippen LogP contribution is 2.41. The van der Waals surface area contributed by atoms with E-state index in [1.54, 1.807) is 12.1 Å². The molecule has 33 heavy (non-hydrogen) atoms. The molecule has 0 saturated heterocycles. The molecule has 0 radical (unpaired) electrons. The van der Waals surface area contributed by atoms with Gasteiger partial charge in [0.2, 0.25) is 5.75 Å². The molecule has 6 nitrogen and oxygen atoms in total. The molecule has 0 aliphatic carbocycles. The average Bonchev–Trinajstić information content (AvgIpc) is 2.83. The van der Waals surface area contributed by atoms with Crippen molar-refractivity contribution in [3.05, 3.63) is 81.6 Å². The third-order valence-electron chi connectivity index (χ3n) is 4.88. The minimum absolute atomic E-state index is 0.00772. The average molecular weight is 490 g/mol. The van der Waals surface area contributed by atoms with Crippen LogP contribution in [0.1, 0.15) is 27.9 Å². The number of ketones is 1. The van der Waals surface area contributed by atoms with Crippen molar-refractivity contribution in [2.24, 2.45) is 0 Å². The zero-order valence-electron chi connectivity index (χ0n) is 18.5. The molecule has 2 aromatic carbocycles. The van der Waals surface area contributed by atoms with Gasteiger partial charge in [-0.25, -0.2) is 0 Å². The van der Waals surface area contributed by atoms with E-state index in [4.69, 9.17) is 42.1 Å². The fourth-order valence-corrected chi connectivity index (χ4v) is 3.72. The molecule has 3 aromatic rings. The summed E-state index contributed by atoms with van der Waals surface area (Å²) in [6.07, 6.45) is 3.53. The van der Waals surface area contributed by atoms with Crippen molar-refractivity contribution >= 4 is 29.0 Å². The van der Waals surface area contributed by atoms with Crippen LogP contribution in [0.25, 0.3) is 0 Å². The predicted molar refractivity (Wildman–Crippen MR) is 128 cm³/mol. The Kier molecular flexibility index (Phi) is 9.36. The highest BCUT2D eigenvalue weighted by molar-refractivity contribution is 6.36. The van der Waals surface area contributed by atoms with Gasteiger partial charge in [0.25, 0.3) is 0 Å². The Hall–Kier alpha value is -2.80. The number of nitrogens with zero attached hydrogens (tertiary/aromatic N) is 1. The van der Waals surface area contributed by atoms with Gasteiger partial charge in [0.05, 0.1) is 49.6 Å². The first-order chi connectivity index (χ1) is 16.0. The summed E-state index contributed by atoms with van der Waals surface area (Å²) in [6, 6.07) is 13.2. The molecule has 0 fully saturated rings. The van der Waals surface area contributed by atoms with Crippen LogP contribution in [0.4, 0.5) is 0 Å². The van der Waals surface area contributed by atoms with Crippen LogP contribution in [0.15, 0.2) is 54.9 Å². The van der Waals surface area contributed by atoms with Crippen LogP contribution in [0, 0.1) is 0 Å². The lowest BCUT2D eigenvalue weighted by molar-refractivity contribution is 0.0980. The first-order valence-electron chi connectivity index (χ1n) is 10.4. The normalized spacial score (nSPS) is 10.7. The zero-order chi connectivity index (χ0) is 23.6. The van der Waals surface area contributed by atoms with Gasteiger partial charge in [0.15, 0.2) is 17.3 Å². The van der Waals surface area contributed by atoms with Gasteiger partial charge in [-0.1, -0.05) is 53.5 Å². The molecule has 0 atom stereocenters. The number of hydrogen-bond donors (Lipinski definition) is 0. The fraction of sp³-hybridized carbons (Fsp3) is 0.280. The number of aromatic nitrogens is 1. The number of carbonyl (C=O) groups is 1. The second-order valence-corrected chi connectivity index (χ2v) is 7.91. The number of Topliss-reactive ketones (excluding diaryl/α,β-unsaturated/α-hetero) is 1. The lowest BCUT2D eigenvalue weighted by atomic mass is 10.0. The minimum atomic E-state index is -0.221. The first-order valence-corrected chi connectivity index (χ1v) is 11.1. The first kappa shape index (κ1) is 24.8. The van der Waals surface area contributed by atoms with E-state index in [9.17, 15) is 4.79 Å². The molecule has 0 N–H and O–H groups in total. The summed E-state index contributed by atoms with van der Waals surface area (Å²) in [5.41, 5.74) is 1.96. The zero-order valence-corrected chi connectivity index (χ0v) is 20.0. The van der Waals surface area contributed by atoms with Crippen molar-refractivity contribution in [3.8, 4) is 17.2 Å². The van der Waals surface area contributed by atoms with Gasteiger partial charge >= 0.3 is 0 Å². The van der Waals surface area contributed by atoms with E-state index in [1.165, 1.54) is 26.6 Å². The third kappa shape index (κ3) is 6.60. The largest absolute Gasteiger partial charge is 0.493 e. The number of carbonyl (C=O) groups excluding carboxylic acids is 1. The lowest BCUT2D eigenvalue weighted by Crippen LogP contribution is -2.11. The molecule has 0 aliphatic heterocycles. The number of rotatable bonds is 12. The Labute approximate surface area is 203 Å². The van der Waals surface area contributed by atoms with Gasteiger partial charge in [-0.05, 0) is 17.7 Å². The molecular formula is C25H25Cl2NO5. The standard InChI is InChI=1S/C25H25Cl2NO5/c1-30-23-10-9-18(22(29)13-19-20(26)14-28-15-21(19)27)24(25(23)31-2)33-12-6-11-32-16-17-7-4-3-5-8-17/h3-5,7-10,14-15H,6,11-13,16H2,1-2H3. The van der Waals surface area contributed by atoms with Crippen LogP contribution >= 0.6 is 23.2 Å². The van der Waals surface area contributed by atoms with E-state index in [0.29, 0.717) is 64.7 Å². The van der Waals surface area contributed by atoms with E-state index in [-0.39, 0.29) is 12.2 Å². The Balaban J connectivity index is 1.70. The van der Waals surface area contributed by atoms with Crippen molar-refractivity contribution in [2.75, 3.05) is 27.4 Å². The molecule has 0 unspecified atom stereocenters. The molecule has 0 amide bonds. The smallest absolute Gasteiger partial charge is 0.204 e. The van der Waals surface area contributed by atoms with Crippen LogP contribution in [0.3, 0.4) is 0 Å². The quantitative estimate of drug-likeness (QED) is 0.236. The van der Waals surface area contributed by atoms with E-state index in [1.807, 2.05) is 30.3 Å². The number of pyridine rings is 1. The van der Waals surface area contributed by atoms with E-state index >= 15 is 0 Å². The number of benzene rings is 2. The molecule has 0 aliphatic rings. The van der Waals surface area contributed by atoms with E-state index in [0.717, 1.165) is 5.56 Å². The van der Waals surface area contributed by atoms with Crippen molar-refractivity contribution < 1.29 is 23.7 Å². The Bertz CT molecular complexity index is 1060. The molecule has 0 saturated carbocycles. The summed E-state index contributed by atoms with van der Waals surface area (Å²) in [4.78, 5) is 17.1. The Morgan fingerprint density at radius 1 is 0.909 bits per heavy atom. The summed E-state index contributed by atoms with van der Waals surface area (Å²) < 4.78 is 22.6. The molecular weight excluding hydrogens is 465 g/mol. The van der Waals surface area contributed by atoms with Gasteiger partial charge in [-0.2, -0.15) is 0 Å². The summed E-state index contributed by atoms with van der Waals surface area (Å²) in [5, 5.41) is 0.656. The lowest BCUT2D eigenvalue weighted by Gasteiger charge is -2.17. The molecule has 1 heterocycles. The summed E-state index contributed by atoms with van der Waals surface area (Å²) in [6.45, 7) is 1.36. The van der Waals surface area contributed by atoms with Gasteiger partial charge in [0.1, 0.15) is 0 Å². The molecule has 174 valence electrons. The molecule has 8 heteroatoms. The van der Waals surface area contributed by atoms with Crippen LogP contribution in [-0.2, 0) is 17.8 Å². The van der Waals surface area contributed by atoms with Crippen molar-refractivity contribution in [3.63, 3.8) is 0 Å². The maximum Gasteiger partial charge on any atom is 0.204 e. The maximum atomic E-state index is 13.2. The monoisotopic (exact) mass is 489 g/mol. The fourth-order valence-electron chi connectivity index (χ4n) is 3.22. The highest BCUT2D eigenvalue weighted by Gasteiger charge is 2.23. The van der Waals surface area contributed by atoms with Gasteiger partial charge in [-0.15, -0.1) is 0 Å². The van der Waals surface area contributed by atoms with Crippen LogP contribution in [-0.4, -0.2) is 38.2 Å². The second-order valence-electron chi connectivity index (χ2n) is 7.10. The second kappa shape index (κ2) is 12.4. The summed E-state index contributed by atoms with van der Waals surface area (Å²) in [7, 11) is 3.02. The molecule has 1 aromatic heterocycles. The Morgan fingerprint density at radius 3 is 2.30 bits per heavy atom. The van der Waals surface area contributed by atoms with Crippen molar-refractivity contribution in [1.82, 2.24) is 4.98 Å². The van der Waals surface area contributed by atoms with Crippen molar-refractivity contribution in [2.45, 2.75) is 19.4 Å². The van der Waals surface area contributed by atoms with Crippen LogP contribution in [0.2, 0.25) is 10.0 Å². The summed E-state index contributed by atoms with van der Waals surface area (Å²) in [5.74, 6) is 0.900. The molecule has 0 bridgehead atoms. The molecule has 3 rings (SSSR count). The van der Waals surface area contributed by atoms with E-state index in [2.05, 4.69) is 4.98 Å². The number of methoxy groups -OCH3 is 2. The van der Waals surface area contributed by atoms with Crippen molar-refractivity contribution in [1.29, 1.82) is 0 Å². The third-order valence-corrected chi connectivity index (χ3v) is 5.53. The number of halogens is 2. The van der Waals surface area contributed by atoms with E-state index < -0.39 is 0 Å². The number of hydrogen-bond acceptors (Lipinski definition) is 6. The summed E-state index contributed by atoms with van der Waals surface area (Å²) >= 11 is 12.4. The topological polar surface area (TPSA) is 66.9 Å². The van der Waals surface area contributed by atoms with Crippen LogP contribution in [0.5, 0.6) is 17.2 Å². The SMILES string of the molecule is COc1ccc(C(=O)Cc2c(Cl)cncc2Cl)c(OCCCOCc2ccccc2)c1OC. The Morgan fingerprint density at radius 2 is 1.64 bits per heavy atom. The highest BCUT2D eigenvalue weighted by atomic mass is 35.5. The van der Waals surface area contributed by atoms with Gasteiger partial charge in [-0.3, -0.25) is 9.78 Å². The molecule has 0 spiro atoms. The van der Waals surface area contributed by atoms with Gasteiger partial charge < -0.3 is 18.9 Å². The van der Waals surface area contributed by atoms with Gasteiger partial charge in [0, 0.05) is 30.8 Å². The van der Waals surface area contributed by atoms with Crippen LogP contribution < -0.4 is 14.2 Å². The maximum absolute atomic E-state index is 13.2.